The molecule has 7 nitrogen and oxygen atoms in total. The smallest absolute Gasteiger partial charge is 0.296 e. The number of carbonyl (C=O) groups excluding carboxylic acids is 2. The van der Waals surface area contributed by atoms with E-state index in [0.717, 1.165) is 10.9 Å². The zero-order valence-corrected chi connectivity index (χ0v) is 22.0. The summed E-state index contributed by atoms with van der Waals surface area (Å²) >= 11 is 8.98. The first-order valence-corrected chi connectivity index (χ1v) is 13.7. The number of amides is 1. The van der Waals surface area contributed by atoms with Gasteiger partial charge in [-0.05, 0) is 35.4 Å². The highest BCUT2D eigenvalue weighted by Crippen LogP contribution is 2.44. The van der Waals surface area contributed by atoms with Gasteiger partial charge in [0.25, 0.3) is 5.91 Å². The van der Waals surface area contributed by atoms with Crippen LogP contribution in [0.2, 0.25) is 5.02 Å². The number of aliphatic hydroxyl groups excluding tert-OH is 1. The minimum atomic E-state index is -0.971. The normalized spacial score (nSPS) is 15.6. The SMILES string of the molecule is O=C(C1=C(O)C(=O)N(c2nnc(SCc3ccccc3)s2)C1c1cccc(Cl)c1)c1cc2ccccc2o1. The third-order valence-electron chi connectivity index (χ3n) is 6.07. The number of aromatic nitrogens is 2. The van der Waals surface area contributed by atoms with E-state index >= 15 is 0 Å². The molecule has 1 atom stereocenters. The number of anilines is 1. The Bertz CT molecular complexity index is 1680. The van der Waals surface area contributed by atoms with Crippen LogP contribution in [-0.4, -0.2) is 27.0 Å². The number of Topliss-reactive ketones (excluding diaryl/α,β-unsaturated/α-hetero) is 1. The number of carbonyl (C=O) groups is 2. The van der Waals surface area contributed by atoms with E-state index in [1.54, 1.807) is 42.5 Å². The lowest BCUT2D eigenvalue weighted by Gasteiger charge is -2.23. The summed E-state index contributed by atoms with van der Waals surface area (Å²) in [7, 11) is 0. The standard InChI is InChI=1S/C28H18ClN3O4S2/c29-19-11-6-10-18(13-19)23-22(24(33)21-14-17-9-4-5-12-20(17)36-21)25(34)26(35)32(23)27-30-31-28(38-27)37-15-16-7-2-1-3-8-16/h1-14,23,34H,15H2. The van der Waals surface area contributed by atoms with Crippen LogP contribution in [-0.2, 0) is 10.5 Å². The number of aliphatic hydroxyl groups is 1. The Labute approximate surface area is 230 Å². The van der Waals surface area contributed by atoms with Gasteiger partial charge < -0.3 is 9.52 Å². The first-order chi connectivity index (χ1) is 18.5. The Kier molecular flexibility index (Phi) is 6.49. The minimum Gasteiger partial charge on any atom is -0.503 e. The molecule has 188 valence electrons. The van der Waals surface area contributed by atoms with Crippen LogP contribution in [0.25, 0.3) is 11.0 Å². The fourth-order valence-corrected chi connectivity index (χ4v) is 6.35. The van der Waals surface area contributed by atoms with E-state index in [0.29, 0.717) is 26.3 Å². The molecular formula is C28H18ClN3O4S2. The number of hydrogen-bond donors (Lipinski definition) is 1. The first kappa shape index (κ1) is 24.4. The lowest BCUT2D eigenvalue weighted by Crippen LogP contribution is -2.31. The predicted octanol–water partition coefficient (Wildman–Crippen LogP) is 7.01. The van der Waals surface area contributed by atoms with Gasteiger partial charge in [-0.15, -0.1) is 10.2 Å². The van der Waals surface area contributed by atoms with Gasteiger partial charge in [-0.1, -0.05) is 95.4 Å². The highest BCUT2D eigenvalue weighted by molar-refractivity contribution is 8.00. The number of nitrogens with zero attached hydrogens (tertiary/aromatic N) is 3. The van der Waals surface area contributed by atoms with E-state index in [4.69, 9.17) is 16.0 Å². The number of ketones is 1. The summed E-state index contributed by atoms with van der Waals surface area (Å²) in [5, 5.41) is 20.9. The average Bonchev–Trinajstić information content (AvgIpc) is 3.64. The maximum atomic E-state index is 13.7. The van der Waals surface area contributed by atoms with Crippen molar-refractivity contribution in [2.24, 2.45) is 0 Å². The summed E-state index contributed by atoms with van der Waals surface area (Å²) in [6.45, 7) is 0. The Morgan fingerprint density at radius 3 is 2.61 bits per heavy atom. The molecule has 1 amide bonds. The summed E-state index contributed by atoms with van der Waals surface area (Å²) in [6.07, 6.45) is 0. The van der Waals surface area contributed by atoms with Crippen LogP contribution in [0, 0.1) is 0 Å². The molecule has 0 saturated heterocycles. The number of para-hydroxylation sites is 1. The zero-order chi connectivity index (χ0) is 26.2. The molecule has 38 heavy (non-hydrogen) atoms. The third kappa shape index (κ3) is 4.49. The number of furan rings is 1. The van der Waals surface area contributed by atoms with Gasteiger partial charge in [0, 0.05) is 16.2 Å². The highest BCUT2D eigenvalue weighted by atomic mass is 35.5. The summed E-state index contributed by atoms with van der Waals surface area (Å²) in [5.74, 6) is -1.30. The third-order valence-corrected chi connectivity index (χ3v) is 8.44. The van der Waals surface area contributed by atoms with E-state index in [9.17, 15) is 14.7 Å². The topological polar surface area (TPSA) is 96.5 Å². The monoisotopic (exact) mass is 559 g/mol. The number of fused-ring (bicyclic) bond motifs is 1. The van der Waals surface area contributed by atoms with Gasteiger partial charge in [0.1, 0.15) is 5.58 Å². The Morgan fingerprint density at radius 2 is 1.82 bits per heavy atom. The summed E-state index contributed by atoms with van der Waals surface area (Å²) < 4.78 is 6.42. The first-order valence-electron chi connectivity index (χ1n) is 11.6. The second kappa shape index (κ2) is 10.1. The molecule has 0 aliphatic carbocycles. The van der Waals surface area contributed by atoms with Crippen LogP contribution in [0.1, 0.15) is 27.7 Å². The quantitative estimate of drug-likeness (QED) is 0.130. The Morgan fingerprint density at radius 1 is 1.03 bits per heavy atom. The molecule has 0 radical (unpaired) electrons. The highest BCUT2D eigenvalue weighted by Gasteiger charge is 2.46. The van der Waals surface area contributed by atoms with Crippen molar-refractivity contribution in [3.63, 3.8) is 0 Å². The van der Waals surface area contributed by atoms with Crippen molar-refractivity contribution in [2.45, 2.75) is 16.1 Å². The fourth-order valence-electron chi connectivity index (χ4n) is 4.33. The average molecular weight is 560 g/mol. The Balaban J connectivity index is 1.38. The fraction of sp³-hybridized carbons (Fsp3) is 0.0714. The van der Waals surface area contributed by atoms with Crippen LogP contribution >= 0.6 is 34.7 Å². The lowest BCUT2D eigenvalue weighted by atomic mass is 9.95. The van der Waals surface area contributed by atoms with E-state index in [-0.39, 0.29) is 16.5 Å². The molecule has 3 aromatic carbocycles. The molecular weight excluding hydrogens is 542 g/mol. The zero-order valence-electron chi connectivity index (χ0n) is 19.6. The van der Waals surface area contributed by atoms with Crippen LogP contribution in [0.3, 0.4) is 0 Å². The number of benzene rings is 3. The van der Waals surface area contributed by atoms with Crippen LogP contribution in [0.5, 0.6) is 0 Å². The minimum absolute atomic E-state index is 0.0193. The van der Waals surface area contributed by atoms with Crippen LogP contribution in [0.15, 0.2) is 105 Å². The predicted molar refractivity (Wildman–Crippen MR) is 148 cm³/mol. The van der Waals surface area contributed by atoms with Crippen LogP contribution < -0.4 is 4.90 Å². The van der Waals surface area contributed by atoms with Crippen molar-refractivity contribution in [3.05, 3.63) is 118 Å². The van der Waals surface area contributed by atoms with Gasteiger partial charge in [0.05, 0.1) is 11.6 Å². The molecule has 0 spiro atoms. The van der Waals surface area contributed by atoms with E-state index < -0.39 is 23.5 Å². The van der Waals surface area contributed by atoms with Crippen LogP contribution in [0.4, 0.5) is 5.13 Å². The second-order valence-corrected chi connectivity index (χ2v) is 11.1. The van der Waals surface area contributed by atoms with E-state index in [2.05, 4.69) is 10.2 Å². The number of thioether (sulfide) groups is 1. The molecule has 6 rings (SSSR count). The molecule has 3 heterocycles. The van der Waals surface area contributed by atoms with Crippen molar-refractivity contribution in [2.75, 3.05) is 4.90 Å². The van der Waals surface area contributed by atoms with Gasteiger partial charge in [-0.2, -0.15) is 0 Å². The van der Waals surface area contributed by atoms with Gasteiger partial charge >= 0.3 is 0 Å². The molecule has 10 heteroatoms. The van der Waals surface area contributed by atoms with Gasteiger partial charge in [0.2, 0.25) is 10.9 Å². The van der Waals surface area contributed by atoms with Gasteiger partial charge in [0.15, 0.2) is 15.9 Å². The van der Waals surface area contributed by atoms with Crippen molar-refractivity contribution in [1.82, 2.24) is 10.2 Å². The van der Waals surface area contributed by atoms with Gasteiger partial charge in [-0.25, -0.2) is 0 Å². The largest absolute Gasteiger partial charge is 0.503 e. The molecule has 1 aliphatic rings. The maximum Gasteiger partial charge on any atom is 0.296 e. The number of rotatable bonds is 7. The van der Waals surface area contributed by atoms with E-state index in [1.165, 1.54) is 28.0 Å². The number of hydrogen-bond acceptors (Lipinski definition) is 8. The molecule has 1 N–H and O–H groups in total. The lowest BCUT2D eigenvalue weighted by molar-refractivity contribution is -0.117. The molecule has 5 aromatic rings. The number of halogens is 1. The Hall–Kier alpha value is -3.92. The summed E-state index contributed by atoms with van der Waals surface area (Å²) in [6, 6.07) is 24.6. The van der Waals surface area contributed by atoms with E-state index in [1.807, 2.05) is 42.5 Å². The molecule has 1 unspecified atom stereocenters. The van der Waals surface area contributed by atoms with Crippen molar-refractivity contribution in [1.29, 1.82) is 0 Å². The molecule has 1 aliphatic heterocycles. The molecule has 0 fully saturated rings. The molecule has 2 aromatic heterocycles. The summed E-state index contributed by atoms with van der Waals surface area (Å²) in [4.78, 5) is 28.4. The molecule has 0 saturated carbocycles. The summed E-state index contributed by atoms with van der Waals surface area (Å²) in [5.41, 5.74) is 2.09. The van der Waals surface area contributed by atoms with Gasteiger partial charge in [-0.3, -0.25) is 14.5 Å². The van der Waals surface area contributed by atoms with Crippen molar-refractivity contribution >= 4 is 62.5 Å². The molecule has 0 bridgehead atoms. The maximum absolute atomic E-state index is 13.7. The van der Waals surface area contributed by atoms with Crippen molar-refractivity contribution in [3.8, 4) is 0 Å². The van der Waals surface area contributed by atoms with Crippen molar-refractivity contribution < 1.29 is 19.1 Å². The second-order valence-electron chi connectivity index (χ2n) is 8.50.